The molecule has 3 rings (SSSR count). The first kappa shape index (κ1) is 12.7. The highest BCUT2D eigenvalue weighted by atomic mass is 32.1. The Kier molecular flexibility index (Phi) is 3.69. The number of pyridine rings is 1. The van der Waals surface area contributed by atoms with Crippen molar-refractivity contribution in [1.29, 1.82) is 0 Å². The van der Waals surface area contributed by atoms with Crippen LogP contribution in [0.25, 0.3) is 0 Å². The van der Waals surface area contributed by atoms with Crippen LogP contribution in [0.3, 0.4) is 0 Å². The Balaban J connectivity index is 1.79. The van der Waals surface area contributed by atoms with E-state index < -0.39 is 0 Å². The monoisotopic (exact) mass is 282 g/mol. The molecular formula is C15H14N4S. The van der Waals surface area contributed by atoms with Gasteiger partial charge in [0.15, 0.2) is 0 Å². The summed E-state index contributed by atoms with van der Waals surface area (Å²) in [5.41, 5.74) is 6.76. The smallest absolute Gasteiger partial charge is 0.126 e. The largest absolute Gasteiger partial charge is 0.383 e. The molecule has 0 radical (unpaired) electrons. The molecule has 1 aromatic heterocycles. The van der Waals surface area contributed by atoms with Gasteiger partial charge in [0.2, 0.25) is 0 Å². The van der Waals surface area contributed by atoms with E-state index >= 15 is 0 Å². The van der Waals surface area contributed by atoms with Crippen LogP contribution < -0.4 is 10.7 Å². The molecule has 100 valence electrons. The molecule has 0 spiro atoms. The zero-order valence-corrected chi connectivity index (χ0v) is 11.7. The van der Waals surface area contributed by atoms with E-state index in [9.17, 15) is 0 Å². The van der Waals surface area contributed by atoms with E-state index in [-0.39, 0.29) is 0 Å². The zero-order valence-electron chi connectivity index (χ0n) is 10.8. The summed E-state index contributed by atoms with van der Waals surface area (Å²) in [6.07, 6.45) is 2.60. The molecule has 20 heavy (non-hydrogen) atoms. The number of hydrazone groups is 1. The average Bonchev–Trinajstić information content (AvgIpc) is 2.53. The number of aromatic nitrogens is 1. The lowest BCUT2D eigenvalue weighted by Crippen LogP contribution is -2.24. The number of rotatable bonds is 2. The summed E-state index contributed by atoms with van der Waals surface area (Å²) in [5, 5.41) is 7.73. The summed E-state index contributed by atoms with van der Waals surface area (Å²) >= 11 is 5.33. The van der Waals surface area contributed by atoms with Crippen molar-refractivity contribution in [2.45, 2.75) is 6.42 Å². The van der Waals surface area contributed by atoms with Crippen LogP contribution in [0.5, 0.6) is 0 Å². The van der Waals surface area contributed by atoms with E-state index in [4.69, 9.17) is 12.2 Å². The van der Waals surface area contributed by atoms with Crippen molar-refractivity contribution in [1.82, 2.24) is 10.4 Å². The standard InChI is InChI=1S/C15H14N4S/c20-15(11-5-2-1-3-6-11)19-18-13-8-10-16-12-7-4-9-17-14(12)13/h1-7,9,16H,8,10H2,(H,19,20)/b18-13-. The first-order valence-corrected chi connectivity index (χ1v) is 6.86. The van der Waals surface area contributed by atoms with E-state index in [1.165, 1.54) is 0 Å². The third kappa shape index (κ3) is 2.67. The van der Waals surface area contributed by atoms with Crippen LogP contribution in [0.2, 0.25) is 0 Å². The molecule has 1 aliphatic rings. The van der Waals surface area contributed by atoms with Gasteiger partial charge in [-0.3, -0.25) is 10.4 Å². The van der Waals surface area contributed by atoms with Crippen molar-refractivity contribution in [3.8, 4) is 0 Å². The number of fused-ring (bicyclic) bond motifs is 1. The maximum absolute atomic E-state index is 5.33. The van der Waals surface area contributed by atoms with Crippen LogP contribution in [0, 0.1) is 0 Å². The minimum Gasteiger partial charge on any atom is -0.383 e. The number of hydrogen-bond donors (Lipinski definition) is 2. The van der Waals surface area contributed by atoms with Gasteiger partial charge in [-0.1, -0.05) is 42.5 Å². The molecule has 0 aliphatic carbocycles. The maximum atomic E-state index is 5.33. The van der Waals surface area contributed by atoms with Crippen molar-refractivity contribution in [3.05, 3.63) is 59.9 Å². The van der Waals surface area contributed by atoms with E-state index in [0.29, 0.717) is 4.99 Å². The molecule has 1 aromatic carbocycles. The number of anilines is 1. The first-order chi connectivity index (χ1) is 9.84. The summed E-state index contributed by atoms with van der Waals surface area (Å²) in [6.45, 7) is 0.858. The number of nitrogens with zero attached hydrogens (tertiary/aromatic N) is 2. The number of hydrogen-bond acceptors (Lipinski definition) is 4. The molecule has 5 heteroatoms. The molecule has 4 nitrogen and oxygen atoms in total. The third-order valence-corrected chi connectivity index (χ3v) is 3.41. The highest BCUT2D eigenvalue weighted by Crippen LogP contribution is 2.18. The number of thiocarbonyl (C=S) groups is 1. The fraction of sp³-hybridized carbons (Fsp3) is 0.133. The maximum Gasteiger partial charge on any atom is 0.126 e. The van der Waals surface area contributed by atoms with Gasteiger partial charge in [-0.25, -0.2) is 0 Å². The van der Waals surface area contributed by atoms with Crippen molar-refractivity contribution in [2.75, 3.05) is 11.9 Å². The fourth-order valence-electron chi connectivity index (χ4n) is 2.09. The second-order valence-corrected chi connectivity index (χ2v) is 4.85. The molecule has 2 N–H and O–H groups in total. The third-order valence-electron chi connectivity index (χ3n) is 3.09. The second kappa shape index (κ2) is 5.79. The van der Waals surface area contributed by atoms with Crippen LogP contribution >= 0.6 is 12.2 Å². The predicted octanol–water partition coefficient (Wildman–Crippen LogP) is 2.57. The van der Waals surface area contributed by atoms with Gasteiger partial charge in [0, 0.05) is 24.7 Å². The summed E-state index contributed by atoms with van der Waals surface area (Å²) < 4.78 is 0. The molecule has 0 amide bonds. The van der Waals surface area contributed by atoms with Crippen LogP contribution in [-0.2, 0) is 0 Å². The summed E-state index contributed by atoms with van der Waals surface area (Å²) in [4.78, 5) is 4.99. The first-order valence-electron chi connectivity index (χ1n) is 6.46. The van der Waals surface area contributed by atoms with Crippen LogP contribution in [-0.4, -0.2) is 22.2 Å². The highest BCUT2D eigenvalue weighted by Gasteiger charge is 2.15. The highest BCUT2D eigenvalue weighted by molar-refractivity contribution is 7.80. The van der Waals surface area contributed by atoms with Gasteiger partial charge in [0.1, 0.15) is 10.7 Å². The van der Waals surface area contributed by atoms with Gasteiger partial charge < -0.3 is 5.32 Å². The van der Waals surface area contributed by atoms with E-state index in [1.54, 1.807) is 6.20 Å². The van der Waals surface area contributed by atoms with Crippen LogP contribution in [0.4, 0.5) is 5.69 Å². The molecule has 0 fully saturated rings. The van der Waals surface area contributed by atoms with Gasteiger partial charge in [-0.2, -0.15) is 5.10 Å². The average molecular weight is 282 g/mol. The van der Waals surface area contributed by atoms with Crippen LogP contribution in [0.1, 0.15) is 17.7 Å². The molecule has 0 unspecified atom stereocenters. The number of nitrogens with one attached hydrogen (secondary N) is 2. The van der Waals surface area contributed by atoms with Gasteiger partial charge in [-0.15, -0.1) is 0 Å². The van der Waals surface area contributed by atoms with E-state index in [2.05, 4.69) is 20.8 Å². The molecule has 0 atom stereocenters. The second-order valence-electron chi connectivity index (χ2n) is 4.44. The zero-order chi connectivity index (χ0) is 13.8. The Morgan fingerprint density at radius 3 is 2.90 bits per heavy atom. The Morgan fingerprint density at radius 1 is 1.20 bits per heavy atom. The molecule has 1 aliphatic heterocycles. The van der Waals surface area contributed by atoms with Gasteiger partial charge >= 0.3 is 0 Å². The van der Waals surface area contributed by atoms with Gasteiger partial charge in [0.05, 0.1) is 11.4 Å². The minimum absolute atomic E-state index is 0.620. The van der Waals surface area contributed by atoms with Crippen molar-refractivity contribution < 1.29 is 0 Å². The van der Waals surface area contributed by atoms with Gasteiger partial charge in [0.25, 0.3) is 0 Å². The Morgan fingerprint density at radius 2 is 2.05 bits per heavy atom. The van der Waals surface area contributed by atoms with Crippen molar-refractivity contribution >= 4 is 28.6 Å². The Bertz CT molecular complexity index is 652. The molecule has 2 heterocycles. The van der Waals surface area contributed by atoms with E-state index in [0.717, 1.165) is 35.6 Å². The quantitative estimate of drug-likeness (QED) is 0.656. The predicted molar refractivity (Wildman–Crippen MR) is 85.2 cm³/mol. The summed E-state index contributed by atoms with van der Waals surface area (Å²) in [6, 6.07) is 13.7. The normalized spacial score (nSPS) is 15.3. The topological polar surface area (TPSA) is 49.3 Å². The summed E-state index contributed by atoms with van der Waals surface area (Å²) in [5.74, 6) is 0. The lowest BCUT2D eigenvalue weighted by molar-refractivity contribution is 0.978. The lowest BCUT2D eigenvalue weighted by Gasteiger charge is -2.18. The molecule has 0 saturated carbocycles. The number of benzene rings is 1. The fourth-order valence-corrected chi connectivity index (χ4v) is 2.27. The SMILES string of the molecule is S=C(N/N=C1/CCNc2cccnc21)c1ccccc1. The summed E-state index contributed by atoms with van der Waals surface area (Å²) in [7, 11) is 0. The Hall–Kier alpha value is -2.27. The van der Waals surface area contributed by atoms with Crippen LogP contribution in [0.15, 0.2) is 53.8 Å². The van der Waals surface area contributed by atoms with Crippen molar-refractivity contribution in [3.63, 3.8) is 0 Å². The molecule has 2 aromatic rings. The van der Waals surface area contributed by atoms with Crippen molar-refractivity contribution in [2.24, 2.45) is 5.10 Å². The molecule has 0 saturated heterocycles. The van der Waals surface area contributed by atoms with Gasteiger partial charge in [-0.05, 0) is 12.1 Å². The molecule has 0 bridgehead atoms. The van der Waals surface area contributed by atoms with E-state index in [1.807, 2.05) is 42.5 Å². The lowest BCUT2D eigenvalue weighted by atomic mass is 10.1. The minimum atomic E-state index is 0.620. The molecular weight excluding hydrogens is 268 g/mol. The Labute approximate surface area is 122 Å².